The van der Waals surface area contributed by atoms with Crippen LogP contribution in [0.4, 0.5) is 0 Å². The van der Waals surface area contributed by atoms with Crippen LogP contribution in [0.25, 0.3) is 6.08 Å². The third-order valence-corrected chi connectivity index (χ3v) is 7.28. The van der Waals surface area contributed by atoms with Gasteiger partial charge in [0.15, 0.2) is 0 Å². The molecule has 0 aliphatic carbocycles. The smallest absolute Gasteiger partial charge is 0.311 e. The zero-order valence-electron chi connectivity index (χ0n) is 16.8. The maximum atomic E-state index is 13.1. The quantitative estimate of drug-likeness (QED) is 0.430. The topological polar surface area (TPSA) is 38.3 Å². The zero-order valence-corrected chi connectivity index (χ0v) is 19.0. The zero-order chi connectivity index (χ0) is 20.2. The molecule has 1 N–H and O–H groups in total. The van der Waals surface area contributed by atoms with Gasteiger partial charge in [-0.3, -0.25) is 4.79 Å². The summed E-state index contributed by atoms with van der Waals surface area (Å²) in [6.45, 7) is 2.50. The molecule has 0 radical (unpaired) electrons. The van der Waals surface area contributed by atoms with E-state index in [1.807, 2.05) is 42.5 Å². The molecule has 4 rings (SSSR count). The Morgan fingerprint density at radius 3 is 2.79 bits per heavy atom. The summed E-state index contributed by atoms with van der Waals surface area (Å²) in [6, 6.07) is 17.6. The van der Waals surface area contributed by atoms with E-state index in [1.54, 1.807) is 0 Å². The van der Waals surface area contributed by atoms with Gasteiger partial charge in [0.05, 0.1) is 5.92 Å². The molecule has 29 heavy (non-hydrogen) atoms. The fourth-order valence-corrected chi connectivity index (χ4v) is 5.70. The second-order valence-electron chi connectivity index (χ2n) is 8.06. The van der Waals surface area contributed by atoms with Crippen LogP contribution in [0, 0.1) is 9.49 Å². The minimum atomic E-state index is -0.109. The summed E-state index contributed by atoms with van der Waals surface area (Å²) in [4.78, 5) is 13.1. The molecule has 0 amide bonds. The van der Waals surface area contributed by atoms with Crippen LogP contribution in [-0.2, 0) is 16.0 Å². The highest BCUT2D eigenvalue weighted by Crippen LogP contribution is 2.42. The highest BCUT2D eigenvalue weighted by Gasteiger charge is 2.46. The Hall–Kier alpha value is -1.66. The third kappa shape index (κ3) is 4.75. The van der Waals surface area contributed by atoms with E-state index in [9.17, 15) is 4.79 Å². The Kier molecular flexibility index (Phi) is 6.70. The molecule has 152 valence electrons. The van der Waals surface area contributed by atoms with Crippen molar-refractivity contribution in [1.29, 1.82) is 0 Å². The van der Waals surface area contributed by atoms with Gasteiger partial charge >= 0.3 is 5.97 Å². The summed E-state index contributed by atoms with van der Waals surface area (Å²) in [5.41, 5.74) is 3.77. The minimum absolute atomic E-state index is 0.0693. The van der Waals surface area contributed by atoms with E-state index in [0.717, 1.165) is 31.2 Å². The van der Waals surface area contributed by atoms with Crippen LogP contribution in [0.1, 0.15) is 48.8 Å². The van der Waals surface area contributed by atoms with E-state index in [1.165, 1.54) is 14.7 Å². The molecular formula is C25H28INO2. The number of ether oxygens (including phenoxy) is 1. The van der Waals surface area contributed by atoms with Crippen molar-refractivity contribution in [2.75, 3.05) is 6.61 Å². The second-order valence-corrected chi connectivity index (χ2v) is 9.23. The number of benzene rings is 2. The van der Waals surface area contributed by atoms with Gasteiger partial charge in [-0.1, -0.05) is 55.5 Å². The molecule has 4 heteroatoms. The highest BCUT2D eigenvalue weighted by molar-refractivity contribution is 14.1. The summed E-state index contributed by atoms with van der Waals surface area (Å²) in [6.07, 6.45) is 8.19. The first-order chi connectivity index (χ1) is 14.2. The largest absolute Gasteiger partial charge is 0.461 e. The molecule has 0 aromatic heterocycles. The summed E-state index contributed by atoms with van der Waals surface area (Å²) >= 11 is 2.42. The van der Waals surface area contributed by atoms with Gasteiger partial charge in [0, 0.05) is 21.6 Å². The van der Waals surface area contributed by atoms with Gasteiger partial charge in [-0.15, -0.1) is 0 Å². The standard InChI is InChI=1S/C25H28INO2/c1-2-18-10-11-19(15-22(18)26)21-16-20-12-13-23(27-20)24(21)25(28)29-14-6-9-17-7-4-3-5-8-17/h3-11,15,20-21,23-24,27H,2,12-14,16H2,1H3/b9-6+. The van der Waals surface area contributed by atoms with Gasteiger partial charge in [0.2, 0.25) is 0 Å². The van der Waals surface area contributed by atoms with Gasteiger partial charge in [0.1, 0.15) is 6.61 Å². The van der Waals surface area contributed by atoms with Crippen molar-refractivity contribution in [3.8, 4) is 0 Å². The number of fused-ring (bicyclic) bond motifs is 2. The number of piperidine rings is 1. The van der Waals surface area contributed by atoms with Gasteiger partial charge in [-0.2, -0.15) is 0 Å². The van der Waals surface area contributed by atoms with Crippen molar-refractivity contribution in [2.45, 2.75) is 50.6 Å². The molecule has 2 aromatic rings. The van der Waals surface area contributed by atoms with E-state index >= 15 is 0 Å². The highest BCUT2D eigenvalue weighted by atomic mass is 127. The number of nitrogens with one attached hydrogen (secondary N) is 1. The van der Waals surface area contributed by atoms with E-state index in [4.69, 9.17) is 4.74 Å². The molecule has 2 saturated heterocycles. The number of aryl methyl sites for hydroxylation is 1. The first-order valence-corrected chi connectivity index (χ1v) is 11.7. The van der Waals surface area contributed by atoms with Crippen LogP contribution >= 0.6 is 22.6 Å². The Morgan fingerprint density at radius 2 is 2.03 bits per heavy atom. The Morgan fingerprint density at radius 1 is 1.21 bits per heavy atom. The summed E-state index contributed by atoms with van der Waals surface area (Å²) < 4.78 is 7.01. The van der Waals surface area contributed by atoms with Crippen molar-refractivity contribution in [2.24, 2.45) is 5.92 Å². The molecule has 0 spiro atoms. The molecule has 2 heterocycles. The van der Waals surface area contributed by atoms with Crippen molar-refractivity contribution >= 4 is 34.6 Å². The Labute approximate surface area is 187 Å². The number of esters is 1. The molecule has 2 aromatic carbocycles. The monoisotopic (exact) mass is 501 g/mol. The molecule has 0 saturated carbocycles. The summed E-state index contributed by atoms with van der Waals surface area (Å²) in [5, 5.41) is 3.65. The summed E-state index contributed by atoms with van der Waals surface area (Å²) in [5.74, 6) is 0.0565. The van der Waals surface area contributed by atoms with E-state index in [-0.39, 0.29) is 23.8 Å². The average molecular weight is 501 g/mol. The number of hydrogen-bond donors (Lipinski definition) is 1. The van der Waals surface area contributed by atoms with Crippen LogP contribution in [0.5, 0.6) is 0 Å². The lowest BCUT2D eigenvalue weighted by molar-refractivity contribution is -0.149. The predicted octanol–water partition coefficient (Wildman–Crippen LogP) is 5.33. The fraction of sp³-hybridized carbons (Fsp3) is 0.400. The van der Waals surface area contributed by atoms with Crippen molar-refractivity contribution in [3.05, 3.63) is 74.9 Å². The maximum absolute atomic E-state index is 13.1. The maximum Gasteiger partial charge on any atom is 0.311 e. The molecular weight excluding hydrogens is 473 g/mol. The van der Waals surface area contributed by atoms with Crippen LogP contribution in [0.15, 0.2) is 54.6 Å². The molecule has 4 atom stereocenters. The van der Waals surface area contributed by atoms with Crippen LogP contribution in [0.2, 0.25) is 0 Å². The first-order valence-electron chi connectivity index (χ1n) is 10.6. The Bertz CT molecular complexity index is 880. The van der Waals surface area contributed by atoms with Crippen molar-refractivity contribution < 1.29 is 9.53 Å². The van der Waals surface area contributed by atoms with Gasteiger partial charge < -0.3 is 10.1 Å². The lowest BCUT2D eigenvalue weighted by Crippen LogP contribution is -2.48. The first kappa shape index (κ1) is 20.6. The molecule has 3 nitrogen and oxygen atoms in total. The van der Waals surface area contributed by atoms with Crippen molar-refractivity contribution in [3.63, 3.8) is 0 Å². The summed E-state index contributed by atoms with van der Waals surface area (Å²) in [7, 11) is 0. The number of halogens is 1. The minimum Gasteiger partial charge on any atom is -0.461 e. The molecule has 2 fully saturated rings. The van der Waals surface area contributed by atoms with Crippen LogP contribution in [-0.4, -0.2) is 24.7 Å². The second kappa shape index (κ2) is 9.43. The van der Waals surface area contributed by atoms with E-state index in [2.05, 4.69) is 53.0 Å². The number of hydrogen-bond acceptors (Lipinski definition) is 3. The SMILES string of the molecule is CCc1ccc(C2CC3CCC(N3)C2C(=O)OC/C=C/c2ccccc2)cc1I. The van der Waals surface area contributed by atoms with Gasteiger partial charge in [-0.05, 0) is 77.1 Å². The lowest BCUT2D eigenvalue weighted by Gasteiger charge is -2.36. The fourth-order valence-electron chi connectivity index (χ4n) is 4.78. The molecule has 2 aliphatic heterocycles. The predicted molar refractivity (Wildman–Crippen MR) is 126 cm³/mol. The van der Waals surface area contributed by atoms with Gasteiger partial charge in [-0.25, -0.2) is 0 Å². The van der Waals surface area contributed by atoms with Crippen molar-refractivity contribution in [1.82, 2.24) is 5.32 Å². The third-order valence-electron chi connectivity index (χ3n) is 6.27. The van der Waals surface area contributed by atoms with Crippen LogP contribution < -0.4 is 5.32 Å². The van der Waals surface area contributed by atoms with E-state index < -0.39 is 0 Å². The Balaban J connectivity index is 1.47. The number of carbonyl (C=O) groups excluding carboxylic acids is 1. The molecule has 2 bridgehead atoms. The van der Waals surface area contributed by atoms with Crippen LogP contribution in [0.3, 0.4) is 0 Å². The van der Waals surface area contributed by atoms with E-state index in [0.29, 0.717) is 12.6 Å². The lowest BCUT2D eigenvalue weighted by atomic mass is 9.77. The molecule has 2 aliphatic rings. The average Bonchev–Trinajstić information content (AvgIpc) is 3.12. The number of rotatable bonds is 6. The normalized spacial score (nSPS) is 26.0. The van der Waals surface area contributed by atoms with Gasteiger partial charge in [0.25, 0.3) is 0 Å². The number of carbonyl (C=O) groups is 1. The molecule has 4 unspecified atom stereocenters.